The Balaban J connectivity index is 1.50. The predicted molar refractivity (Wildman–Crippen MR) is 101 cm³/mol. The summed E-state index contributed by atoms with van der Waals surface area (Å²) in [5, 5.41) is 12.9. The van der Waals surface area contributed by atoms with Crippen LogP contribution in [0.25, 0.3) is 0 Å². The van der Waals surface area contributed by atoms with E-state index in [1.54, 1.807) is 6.92 Å². The zero-order chi connectivity index (χ0) is 18.6. The molecule has 1 heterocycles. The molecule has 1 unspecified atom stereocenters. The third-order valence-electron chi connectivity index (χ3n) is 7.55. The van der Waals surface area contributed by atoms with E-state index in [0.717, 1.165) is 31.6 Å². The molecule has 0 aromatic heterocycles. The SMILES string of the molecule is CC(OC(=O)O)(Oc1ccc2c(c1)[C@@]13CCCC[C@H]1[C@@H](C2)NCC3)C1CC1. The molecule has 3 fully saturated rings. The minimum absolute atomic E-state index is 0.147. The van der Waals surface area contributed by atoms with Crippen LogP contribution in [0.4, 0.5) is 4.79 Å². The summed E-state index contributed by atoms with van der Waals surface area (Å²) < 4.78 is 11.4. The van der Waals surface area contributed by atoms with E-state index in [2.05, 4.69) is 17.4 Å². The van der Waals surface area contributed by atoms with Crippen LogP contribution >= 0.6 is 0 Å². The molecule has 2 bridgehead atoms. The molecule has 5 rings (SSSR count). The van der Waals surface area contributed by atoms with Gasteiger partial charge in [-0.25, -0.2) is 4.79 Å². The Hall–Kier alpha value is -1.75. The second-order valence-corrected chi connectivity index (χ2v) is 9.10. The number of benzene rings is 1. The molecule has 1 aromatic carbocycles. The van der Waals surface area contributed by atoms with Gasteiger partial charge in [0.15, 0.2) is 0 Å². The molecule has 27 heavy (non-hydrogen) atoms. The summed E-state index contributed by atoms with van der Waals surface area (Å²) in [5.74, 6) is 0.524. The van der Waals surface area contributed by atoms with Crippen molar-refractivity contribution in [1.29, 1.82) is 0 Å². The van der Waals surface area contributed by atoms with Gasteiger partial charge in [0.05, 0.1) is 0 Å². The highest BCUT2D eigenvalue weighted by molar-refractivity contribution is 5.57. The Kier molecular flexibility index (Phi) is 3.94. The number of ether oxygens (including phenoxy) is 2. The van der Waals surface area contributed by atoms with Crippen LogP contribution in [0.5, 0.6) is 5.75 Å². The Bertz CT molecular complexity index is 757. The average molecular weight is 371 g/mol. The number of nitrogens with one attached hydrogen (secondary N) is 1. The van der Waals surface area contributed by atoms with Crippen molar-refractivity contribution in [2.24, 2.45) is 11.8 Å². The summed E-state index contributed by atoms with van der Waals surface area (Å²) in [6.07, 6.45) is 8.13. The number of carboxylic acid groups (broad SMARTS) is 1. The van der Waals surface area contributed by atoms with E-state index in [9.17, 15) is 4.79 Å². The molecule has 5 heteroatoms. The average Bonchev–Trinajstić information content (AvgIpc) is 3.47. The van der Waals surface area contributed by atoms with Gasteiger partial charge in [0.25, 0.3) is 5.79 Å². The number of carbonyl (C=O) groups is 1. The van der Waals surface area contributed by atoms with Crippen molar-refractivity contribution in [3.63, 3.8) is 0 Å². The van der Waals surface area contributed by atoms with E-state index in [1.807, 2.05) is 6.07 Å². The van der Waals surface area contributed by atoms with Crippen molar-refractivity contribution < 1.29 is 19.4 Å². The molecule has 1 aromatic rings. The number of fused-ring (bicyclic) bond motifs is 1. The van der Waals surface area contributed by atoms with Crippen LogP contribution in [0.3, 0.4) is 0 Å². The van der Waals surface area contributed by atoms with E-state index in [1.165, 1.54) is 43.2 Å². The van der Waals surface area contributed by atoms with Gasteiger partial charge < -0.3 is 19.9 Å². The van der Waals surface area contributed by atoms with Gasteiger partial charge in [-0.05, 0) is 74.2 Å². The number of rotatable bonds is 4. The lowest BCUT2D eigenvalue weighted by Gasteiger charge is -2.56. The Morgan fingerprint density at radius 1 is 1.26 bits per heavy atom. The first-order valence-electron chi connectivity index (χ1n) is 10.5. The van der Waals surface area contributed by atoms with Gasteiger partial charge in [-0.15, -0.1) is 0 Å². The molecule has 0 spiro atoms. The third kappa shape index (κ3) is 2.82. The monoisotopic (exact) mass is 371 g/mol. The molecule has 0 amide bonds. The van der Waals surface area contributed by atoms with Crippen LogP contribution in [-0.4, -0.2) is 29.6 Å². The smallest absolute Gasteiger partial charge is 0.452 e. The molecule has 2 saturated carbocycles. The molecule has 146 valence electrons. The van der Waals surface area contributed by atoms with Crippen LogP contribution in [-0.2, 0) is 16.6 Å². The Labute approximate surface area is 160 Å². The predicted octanol–water partition coefficient (Wildman–Crippen LogP) is 4.23. The van der Waals surface area contributed by atoms with Crippen LogP contribution in [0.2, 0.25) is 0 Å². The van der Waals surface area contributed by atoms with Gasteiger partial charge in [-0.2, -0.15) is 0 Å². The molecule has 1 aliphatic heterocycles. The van der Waals surface area contributed by atoms with Gasteiger partial charge in [0.2, 0.25) is 0 Å². The first-order chi connectivity index (χ1) is 13.0. The summed E-state index contributed by atoms with van der Waals surface area (Å²) >= 11 is 0. The molecule has 2 N–H and O–H groups in total. The van der Waals surface area contributed by atoms with Crippen molar-refractivity contribution in [3.8, 4) is 5.75 Å². The second kappa shape index (κ2) is 6.13. The summed E-state index contributed by atoms with van der Waals surface area (Å²) in [7, 11) is 0. The molecular weight excluding hydrogens is 342 g/mol. The van der Waals surface area contributed by atoms with Crippen LogP contribution in [0, 0.1) is 11.8 Å². The lowest BCUT2D eigenvalue weighted by atomic mass is 9.53. The fourth-order valence-corrected chi connectivity index (χ4v) is 6.17. The van der Waals surface area contributed by atoms with Gasteiger partial charge >= 0.3 is 6.16 Å². The minimum Gasteiger partial charge on any atom is -0.452 e. The van der Waals surface area contributed by atoms with E-state index >= 15 is 0 Å². The number of piperidine rings is 1. The standard InChI is InChI=1S/C22H29NO4/c1-21(15-6-7-15,27-20(24)25)26-16-8-5-14-12-19-17-4-2-3-9-22(17,10-11-23-19)18(14)13-16/h5,8,13,15,17,19,23H,2-4,6-7,9-12H2,1H3,(H,24,25)/t17-,19+,21?,22+/m0/s1. The van der Waals surface area contributed by atoms with Crippen LogP contribution < -0.4 is 10.1 Å². The number of hydrogen-bond donors (Lipinski definition) is 2. The van der Waals surface area contributed by atoms with Gasteiger partial charge in [0.1, 0.15) is 5.75 Å². The Morgan fingerprint density at radius 2 is 2.11 bits per heavy atom. The van der Waals surface area contributed by atoms with Crippen molar-refractivity contribution in [2.75, 3.05) is 6.54 Å². The van der Waals surface area contributed by atoms with E-state index in [4.69, 9.17) is 14.6 Å². The summed E-state index contributed by atoms with van der Waals surface area (Å²) in [5.41, 5.74) is 3.16. The highest BCUT2D eigenvalue weighted by atomic mass is 16.8. The maximum Gasteiger partial charge on any atom is 0.509 e. The van der Waals surface area contributed by atoms with E-state index in [-0.39, 0.29) is 11.3 Å². The van der Waals surface area contributed by atoms with E-state index < -0.39 is 11.9 Å². The number of hydrogen-bond acceptors (Lipinski definition) is 4. The molecule has 1 saturated heterocycles. The topological polar surface area (TPSA) is 67.8 Å². The molecule has 0 radical (unpaired) electrons. The third-order valence-corrected chi connectivity index (χ3v) is 7.55. The summed E-state index contributed by atoms with van der Waals surface area (Å²) in [4.78, 5) is 11.2. The van der Waals surface area contributed by atoms with Crippen LogP contribution in [0.1, 0.15) is 63.0 Å². The van der Waals surface area contributed by atoms with Crippen molar-refractivity contribution in [3.05, 3.63) is 29.3 Å². The molecule has 5 nitrogen and oxygen atoms in total. The minimum atomic E-state index is -1.27. The maximum absolute atomic E-state index is 11.2. The molecule has 3 aliphatic carbocycles. The van der Waals surface area contributed by atoms with Crippen molar-refractivity contribution in [1.82, 2.24) is 5.32 Å². The fourth-order valence-electron chi connectivity index (χ4n) is 6.17. The van der Waals surface area contributed by atoms with Gasteiger partial charge in [0, 0.05) is 24.3 Å². The van der Waals surface area contributed by atoms with Crippen molar-refractivity contribution >= 4 is 6.16 Å². The van der Waals surface area contributed by atoms with E-state index in [0.29, 0.717) is 12.0 Å². The summed E-state index contributed by atoms with van der Waals surface area (Å²) in [6.45, 7) is 2.86. The van der Waals surface area contributed by atoms with Gasteiger partial charge in [-0.3, -0.25) is 0 Å². The zero-order valence-corrected chi connectivity index (χ0v) is 16.0. The first kappa shape index (κ1) is 17.4. The molecule has 4 atom stereocenters. The van der Waals surface area contributed by atoms with Crippen LogP contribution in [0.15, 0.2) is 18.2 Å². The fraction of sp³-hybridized carbons (Fsp3) is 0.682. The van der Waals surface area contributed by atoms with Gasteiger partial charge in [-0.1, -0.05) is 18.9 Å². The molecular formula is C22H29NO4. The summed E-state index contributed by atoms with van der Waals surface area (Å²) in [6, 6.07) is 7.01. The zero-order valence-electron chi connectivity index (χ0n) is 16.0. The lowest BCUT2D eigenvalue weighted by Crippen LogP contribution is -2.59. The maximum atomic E-state index is 11.2. The first-order valence-corrected chi connectivity index (χ1v) is 10.5. The normalized spacial score (nSPS) is 34.0. The largest absolute Gasteiger partial charge is 0.509 e. The lowest BCUT2D eigenvalue weighted by molar-refractivity contribution is -0.153. The second-order valence-electron chi connectivity index (χ2n) is 9.10. The quantitative estimate of drug-likeness (QED) is 0.612. The van der Waals surface area contributed by atoms with Crippen molar-refractivity contribution in [2.45, 2.75) is 75.5 Å². The Morgan fingerprint density at radius 3 is 2.89 bits per heavy atom. The molecule has 4 aliphatic rings. The highest BCUT2D eigenvalue weighted by Gasteiger charge is 2.52. The highest BCUT2D eigenvalue weighted by Crippen LogP contribution is 2.54.